The molecule has 0 radical (unpaired) electrons. The molecular weight excluding hydrogens is 190 g/mol. The molecule has 0 spiro atoms. The minimum Gasteiger partial charge on any atom is -0.439 e. The monoisotopic (exact) mass is 201 g/mol. The predicted octanol–water partition coefficient (Wildman–Crippen LogP) is 2.16. The Labute approximate surface area is 87.7 Å². The minimum atomic E-state index is 0.513. The van der Waals surface area contributed by atoms with Crippen molar-refractivity contribution in [1.29, 1.82) is 0 Å². The lowest BCUT2D eigenvalue weighted by Gasteiger charge is -2.07. The molecule has 4 heteroatoms. The second kappa shape index (κ2) is 3.96. The van der Waals surface area contributed by atoms with E-state index in [9.17, 15) is 0 Å². The molecule has 0 saturated carbocycles. The van der Waals surface area contributed by atoms with Crippen LogP contribution >= 0.6 is 0 Å². The summed E-state index contributed by atoms with van der Waals surface area (Å²) in [7, 11) is 0. The van der Waals surface area contributed by atoms with Gasteiger partial charge in [-0.05, 0) is 18.6 Å². The lowest BCUT2D eigenvalue weighted by atomic mass is 10.2. The van der Waals surface area contributed by atoms with Crippen LogP contribution in [0.4, 0.5) is 5.69 Å². The van der Waals surface area contributed by atoms with Gasteiger partial charge in [0.2, 0.25) is 5.88 Å². The Morgan fingerprint density at radius 3 is 2.87 bits per heavy atom. The highest BCUT2D eigenvalue weighted by atomic mass is 16.5. The number of ether oxygens (including phenoxy) is 1. The van der Waals surface area contributed by atoms with Crippen molar-refractivity contribution < 1.29 is 4.74 Å². The molecule has 0 atom stereocenters. The van der Waals surface area contributed by atoms with E-state index in [1.54, 1.807) is 18.3 Å². The number of hydrogen-bond acceptors (Lipinski definition) is 4. The molecule has 0 aliphatic rings. The fourth-order valence-electron chi connectivity index (χ4n) is 1.18. The largest absolute Gasteiger partial charge is 0.439 e. The summed E-state index contributed by atoms with van der Waals surface area (Å²) < 4.78 is 5.56. The number of nitrogens with two attached hydrogens (primary N) is 1. The molecule has 0 aliphatic heterocycles. The van der Waals surface area contributed by atoms with Gasteiger partial charge in [-0.15, -0.1) is 0 Å². The summed E-state index contributed by atoms with van der Waals surface area (Å²) in [5.74, 6) is 1.23. The second-order valence-electron chi connectivity index (χ2n) is 3.17. The maximum Gasteiger partial charge on any atom is 0.222 e. The van der Waals surface area contributed by atoms with Gasteiger partial charge >= 0.3 is 0 Å². The van der Waals surface area contributed by atoms with Crippen molar-refractivity contribution in [2.75, 3.05) is 5.73 Å². The highest BCUT2D eigenvalue weighted by molar-refractivity contribution is 5.48. The van der Waals surface area contributed by atoms with Crippen molar-refractivity contribution in [1.82, 2.24) is 9.97 Å². The second-order valence-corrected chi connectivity index (χ2v) is 3.17. The highest BCUT2D eigenvalue weighted by Crippen LogP contribution is 2.25. The Kier molecular flexibility index (Phi) is 2.49. The molecule has 2 rings (SSSR count). The van der Waals surface area contributed by atoms with E-state index in [1.807, 2.05) is 19.1 Å². The molecule has 2 N–H and O–H groups in total. The SMILES string of the molecule is Cc1ccc(N)cc1Oc1ccncn1. The maximum atomic E-state index is 5.67. The van der Waals surface area contributed by atoms with Crippen molar-refractivity contribution in [3.8, 4) is 11.6 Å². The van der Waals surface area contributed by atoms with E-state index in [-0.39, 0.29) is 0 Å². The molecule has 0 amide bonds. The zero-order valence-electron chi connectivity index (χ0n) is 8.34. The normalized spacial score (nSPS) is 9.93. The van der Waals surface area contributed by atoms with E-state index in [1.165, 1.54) is 6.33 Å². The third-order valence-corrected chi connectivity index (χ3v) is 1.98. The van der Waals surface area contributed by atoms with Crippen molar-refractivity contribution in [2.45, 2.75) is 6.92 Å². The topological polar surface area (TPSA) is 61.0 Å². The molecule has 2 aromatic rings. The highest BCUT2D eigenvalue weighted by Gasteiger charge is 2.02. The van der Waals surface area contributed by atoms with Crippen molar-refractivity contribution in [2.24, 2.45) is 0 Å². The van der Waals surface area contributed by atoms with Gasteiger partial charge in [-0.25, -0.2) is 9.97 Å². The number of nitrogens with zero attached hydrogens (tertiary/aromatic N) is 2. The lowest BCUT2D eigenvalue weighted by molar-refractivity contribution is 0.458. The molecule has 15 heavy (non-hydrogen) atoms. The van der Waals surface area contributed by atoms with Crippen LogP contribution in [0.1, 0.15) is 5.56 Å². The first kappa shape index (κ1) is 9.45. The zero-order valence-corrected chi connectivity index (χ0v) is 8.34. The standard InChI is InChI=1S/C11H11N3O/c1-8-2-3-9(12)6-10(8)15-11-4-5-13-7-14-11/h2-7H,12H2,1H3. The molecular formula is C11H11N3O. The van der Waals surface area contributed by atoms with Crippen LogP contribution in [0.2, 0.25) is 0 Å². The van der Waals surface area contributed by atoms with Crippen LogP contribution in [-0.4, -0.2) is 9.97 Å². The smallest absolute Gasteiger partial charge is 0.222 e. The molecule has 4 nitrogen and oxygen atoms in total. The van der Waals surface area contributed by atoms with E-state index in [0.717, 1.165) is 5.56 Å². The first-order chi connectivity index (χ1) is 7.25. The summed E-state index contributed by atoms with van der Waals surface area (Å²) in [5.41, 5.74) is 7.36. The van der Waals surface area contributed by atoms with Crippen LogP contribution in [0, 0.1) is 6.92 Å². The van der Waals surface area contributed by atoms with Crippen LogP contribution < -0.4 is 10.5 Å². The van der Waals surface area contributed by atoms with Gasteiger partial charge in [-0.2, -0.15) is 0 Å². The molecule has 0 fully saturated rings. The lowest BCUT2D eigenvalue weighted by Crippen LogP contribution is -1.92. The number of aryl methyl sites for hydroxylation is 1. The first-order valence-corrected chi connectivity index (χ1v) is 4.56. The molecule has 1 heterocycles. The molecule has 0 aliphatic carbocycles. The Morgan fingerprint density at radius 1 is 1.27 bits per heavy atom. The Balaban J connectivity index is 2.28. The van der Waals surface area contributed by atoms with Crippen molar-refractivity contribution in [3.05, 3.63) is 42.4 Å². The summed E-state index contributed by atoms with van der Waals surface area (Å²) in [6.45, 7) is 1.95. The quantitative estimate of drug-likeness (QED) is 0.756. The molecule has 0 saturated heterocycles. The number of anilines is 1. The van der Waals surface area contributed by atoms with Gasteiger partial charge in [-0.1, -0.05) is 6.07 Å². The van der Waals surface area contributed by atoms with E-state index >= 15 is 0 Å². The average Bonchev–Trinajstić information content (AvgIpc) is 2.25. The van der Waals surface area contributed by atoms with Gasteiger partial charge in [0.05, 0.1) is 0 Å². The van der Waals surface area contributed by atoms with E-state index in [4.69, 9.17) is 10.5 Å². The van der Waals surface area contributed by atoms with Crippen LogP contribution in [0.15, 0.2) is 36.8 Å². The van der Waals surface area contributed by atoms with E-state index in [2.05, 4.69) is 9.97 Å². The minimum absolute atomic E-state index is 0.513. The van der Waals surface area contributed by atoms with Crippen LogP contribution in [0.3, 0.4) is 0 Å². The van der Waals surface area contributed by atoms with Gasteiger partial charge < -0.3 is 10.5 Å². The van der Waals surface area contributed by atoms with Gasteiger partial charge in [0.25, 0.3) is 0 Å². The van der Waals surface area contributed by atoms with E-state index < -0.39 is 0 Å². The van der Waals surface area contributed by atoms with Crippen LogP contribution in [-0.2, 0) is 0 Å². The van der Waals surface area contributed by atoms with Gasteiger partial charge in [0.15, 0.2) is 0 Å². The summed E-state index contributed by atoms with van der Waals surface area (Å²) in [6.07, 6.45) is 3.07. The molecule has 1 aromatic carbocycles. The van der Waals surface area contributed by atoms with Crippen LogP contribution in [0.5, 0.6) is 11.6 Å². The summed E-state index contributed by atoms with van der Waals surface area (Å²) in [6, 6.07) is 7.22. The number of aromatic nitrogens is 2. The van der Waals surface area contributed by atoms with Gasteiger partial charge in [0, 0.05) is 24.0 Å². The number of nitrogen functional groups attached to an aromatic ring is 1. The third kappa shape index (κ3) is 2.22. The molecule has 1 aromatic heterocycles. The zero-order chi connectivity index (χ0) is 10.7. The maximum absolute atomic E-state index is 5.67. The Hall–Kier alpha value is -2.10. The molecule has 76 valence electrons. The summed E-state index contributed by atoms with van der Waals surface area (Å²) in [5, 5.41) is 0. The van der Waals surface area contributed by atoms with E-state index in [0.29, 0.717) is 17.3 Å². The number of benzene rings is 1. The fourth-order valence-corrected chi connectivity index (χ4v) is 1.18. The fraction of sp³-hybridized carbons (Fsp3) is 0.0909. The Bertz CT molecular complexity index is 457. The van der Waals surface area contributed by atoms with Crippen molar-refractivity contribution in [3.63, 3.8) is 0 Å². The van der Waals surface area contributed by atoms with Gasteiger partial charge in [0.1, 0.15) is 12.1 Å². The Morgan fingerprint density at radius 2 is 2.13 bits per heavy atom. The molecule has 0 unspecified atom stereocenters. The number of rotatable bonds is 2. The number of hydrogen-bond donors (Lipinski definition) is 1. The predicted molar refractivity (Wildman–Crippen MR) is 57.7 cm³/mol. The van der Waals surface area contributed by atoms with Gasteiger partial charge in [-0.3, -0.25) is 0 Å². The van der Waals surface area contributed by atoms with Crippen molar-refractivity contribution >= 4 is 5.69 Å². The first-order valence-electron chi connectivity index (χ1n) is 4.56. The average molecular weight is 201 g/mol. The molecule has 0 bridgehead atoms. The third-order valence-electron chi connectivity index (χ3n) is 1.98. The van der Waals surface area contributed by atoms with Crippen LogP contribution in [0.25, 0.3) is 0 Å². The summed E-state index contributed by atoms with van der Waals surface area (Å²) in [4.78, 5) is 7.78. The summed E-state index contributed by atoms with van der Waals surface area (Å²) >= 11 is 0.